The van der Waals surface area contributed by atoms with Gasteiger partial charge in [0.15, 0.2) is 5.13 Å². The molecule has 1 atom stereocenters. The third kappa shape index (κ3) is 3.54. The van der Waals surface area contributed by atoms with E-state index >= 15 is 0 Å². The molecule has 0 spiro atoms. The lowest BCUT2D eigenvalue weighted by Gasteiger charge is -2.22. The number of fused-ring (bicyclic) bond motifs is 1. The third-order valence-electron chi connectivity index (χ3n) is 5.95. The summed E-state index contributed by atoms with van der Waals surface area (Å²) in [5.41, 5.74) is 4.08. The van der Waals surface area contributed by atoms with Gasteiger partial charge in [-0.25, -0.2) is 4.98 Å². The second kappa shape index (κ2) is 8.43. The first-order chi connectivity index (χ1) is 16.4. The minimum absolute atomic E-state index is 0.0357. The van der Waals surface area contributed by atoms with Crippen LogP contribution in [0.5, 0.6) is 5.75 Å². The van der Waals surface area contributed by atoms with E-state index in [4.69, 9.17) is 9.72 Å². The number of ether oxygens (including phenoxy) is 1. The number of thiazole rings is 1. The highest BCUT2D eigenvalue weighted by atomic mass is 32.1. The van der Waals surface area contributed by atoms with Crippen LogP contribution in [0.2, 0.25) is 0 Å². The fourth-order valence-corrected chi connectivity index (χ4v) is 5.52. The highest BCUT2D eigenvalue weighted by Crippen LogP contribution is 2.44. The molecular formula is C27H22N2O4S. The van der Waals surface area contributed by atoms with Crippen LogP contribution < -0.4 is 9.64 Å². The van der Waals surface area contributed by atoms with Gasteiger partial charge in [0.05, 0.1) is 28.9 Å². The van der Waals surface area contributed by atoms with Gasteiger partial charge in [0.2, 0.25) is 0 Å². The number of carbonyl (C=O) groups is 2. The molecule has 3 aromatic carbocycles. The SMILES string of the molecule is COc1ccc(/C(O)=C2\C(=O)C(=O)N(c3nc4c(C)cc(C)cc4s3)[C@H]2c2ccccc2)cc1. The van der Waals surface area contributed by atoms with E-state index in [-0.39, 0.29) is 11.3 Å². The molecule has 2 heterocycles. The molecule has 1 N–H and O–H groups in total. The van der Waals surface area contributed by atoms with Crippen LogP contribution >= 0.6 is 11.3 Å². The summed E-state index contributed by atoms with van der Waals surface area (Å²) in [6, 6.07) is 19.2. The lowest BCUT2D eigenvalue weighted by Crippen LogP contribution is -2.29. The van der Waals surface area contributed by atoms with Crippen molar-refractivity contribution in [3.63, 3.8) is 0 Å². The maximum atomic E-state index is 13.3. The summed E-state index contributed by atoms with van der Waals surface area (Å²) in [4.78, 5) is 32.8. The van der Waals surface area contributed by atoms with Crippen molar-refractivity contribution in [3.05, 3.63) is 94.6 Å². The Morgan fingerprint density at radius 1 is 1.03 bits per heavy atom. The zero-order chi connectivity index (χ0) is 24.0. The number of ketones is 1. The normalized spacial score (nSPS) is 17.5. The van der Waals surface area contributed by atoms with E-state index in [9.17, 15) is 14.7 Å². The van der Waals surface area contributed by atoms with Crippen LogP contribution in [0, 0.1) is 13.8 Å². The summed E-state index contributed by atoms with van der Waals surface area (Å²) in [6.07, 6.45) is 0. The Kier molecular flexibility index (Phi) is 5.42. The Morgan fingerprint density at radius 3 is 2.41 bits per heavy atom. The number of rotatable bonds is 4. The van der Waals surface area contributed by atoms with Gasteiger partial charge in [0, 0.05) is 5.56 Å². The quantitative estimate of drug-likeness (QED) is 0.240. The number of aryl methyl sites for hydroxylation is 2. The average Bonchev–Trinajstić information content (AvgIpc) is 3.38. The summed E-state index contributed by atoms with van der Waals surface area (Å²) in [5, 5.41) is 11.6. The van der Waals surface area contributed by atoms with Crippen LogP contribution in [0.1, 0.15) is 28.3 Å². The number of methoxy groups -OCH3 is 1. The predicted octanol–water partition coefficient (Wildman–Crippen LogP) is 5.55. The predicted molar refractivity (Wildman–Crippen MR) is 133 cm³/mol. The first-order valence-corrected chi connectivity index (χ1v) is 11.6. The number of anilines is 1. The molecule has 7 heteroatoms. The van der Waals surface area contributed by atoms with E-state index < -0.39 is 17.7 Å². The smallest absolute Gasteiger partial charge is 0.301 e. The van der Waals surface area contributed by atoms with Gasteiger partial charge in [-0.1, -0.05) is 47.7 Å². The Balaban J connectivity index is 1.71. The second-order valence-electron chi connectivity index (χ2n) is 8.23. The Labute approximate surface area is 200 Å². The Morgan fingerprint density at radius 2 is 1.74 bits per heavy atom. The zero-order valence-electron chi connectivity index (χ0n) is 18.9. The van der Waals surface area contributed by atoms with Crippen LogP contribution in [0.15, 0.2) is 72.3 Å². The van der Waals surface area contributed by atoms with Gasteiger partial charge < -0.3 is 9.84 Å². The molecule has 5 rings (SSSR count). The topological polar surface area (TPSA) is 79.7 Å². The molecule has 4 aromatic rings. The highest BCUT2D eigenvalue weighted by Gasteiger charge is 2.48. The third-order valence-corrected chi connectivity index (χ3v) is 6.95. The maximum Gasteiger partial charge on any atom is 0.301 e. The standard InChI is InChI=1S/C27H22N2O4S/c1-15-13-16(2)22-20(14-15)34-27(28-22)29-23(17-7-5-4-6-8-17)21(25(31)26(29)32)24(30)18-9-11-19(33-3)12-10-18/h4-14,23,30H,1-3H3/b24-21+/t23-/m0/s1. The molecule has 0 saturated carbocycles. The van der Waals surface area contributed by atoms with Crippen molar-refractivity contribution in [2.24, 2.45) is 0 Å². The lowest BCUT2D eigenvalue weighted by atomic mass is 9.95. The minimum Gasteiger partial charge on any atom is -0.507 e. The Hall–Kier alpha value is -3.97. The number of hydrogen-bond donors (Lipinski definition) is 1. The molecule has 1 amide bonds. The molecule has 0 unspecified atom stereocenters. The van der Waals surface area contributed by atoms with E-state index in [0.29, 0.717) is 22.0 Å². The van der Waals surface area contributed by atoms with Crippen molar-refractivity contribution < 1.29 is 19.4 Å². The molecule has 1 saturated heterocycles. The molecule has 170 valence electrons. The maximum absolute atomic E-state index is 13.3. The minimum atomic E-state index is -0.801. The summed E-state index contributed by atoms with van der Waals surface area (Å²) in [5.74, 6) is -1.06. The molecule has 1 aromatic heterocycles. The van der Waals surface area contributed by atoms with Crippen molar-refractivity contribution in [1.82, 2.24) is 4.98 Å². The molecule has 1 aliphatic rings. The van der Waals surface area contributed by atoms with E-state index in [1.165, 1.54) is 16.2 Å². The van der Waals surface area contributed by atoms with Gasteiger partial charge >= 0.3 is 5.91 Å². The first kappa shape index (κ1) is 21.9. The molecule has 6 nitrogen and oxygen atoms in total. The summed E-state index contributed by atoms with van der Waals surface area (Å²) in [6.45, 7) is 3.99. The van der Waals surface area contributed by atoms with E-state index in [0.717, 1.165) is 21.3 Å². The van der Waals surface area contributed by atoms with Gasteiger partial charge in [-0.05, 0) is 60.9 Å². The van der Waals surface area contributed by atoms with E-state index in [1.54, 1.807) is 31.4 Å². The molecule has 1 fully saturated rings. The number of aromatic nitrogens is 1. The number of hydrogen-bond acceptors (Lipinski definition) is 6. The highest BCUT2D eigenvalue weighted by molar-refractivity contribution is 7.22. The molecule has 0 radical (unpaired) electrons. The van der Waals surface area contributed by atoms with Crippen molar-refractivity contribution in [2.45, 2.75) is 19.9 Å². The fourth-order valence-electron chi connectivity index (χ4n) is 4.35. The summed E-state index contributed by atoms with van der Waals surface area (Å²) >= 11 is 1.36. The number of benzene rings is 3. The number of amides is 1. The number of Topliss-reactive ketones (excluding diaryl/α,β-unsaturated/α-hetero) is 1. The number of carbonyl (C=O) groups excluding carboxylic acids is 2. The molecule has 0 aliphatic carbocycles. The molecular weight excluding hydrogens is 448 g/mol. The zero-order valence-corrected chi connectivity index (χ0v) is 19.7. The van der Waals surface area contributed by atoms with E-state index in [1.807, 2.05) is 56.3 Å². The Bertz CT molecular complexity index is 1460. The van der Waals surface area contributed by atoms with Crippen molar-refractivity contribution in [3.8, 4) is 5.75 Å². The molecule has 1 aliphatic heterocycles. The van der Waals surface area contributed by atoms with Crippen molar-refractivity contribution in [2.75, 3.05) is 12.0 Å². The van der Waals surface area contributed by atoms with Crippen LogP contribution in [-0.2, 0) is 9.59 Å². The van der Waals surface area contributed by atoms with Gasteiger partial charge in [-0.15, -0.1) is 0 Å². The fraction of sp³-hybridized carbons (Fsp3) is 0.148. The largest absolute Gasteiger partial charge is 0.507 e. The number of aliphatic hydroxyl groups is 1. The van der Waals surface area contributed by atoms with Crippen molar-refractivity contribution >= 4 is 44.1 Å². The van der Waals surface area contributed by atoms with Crippen LogP contribution in [0.25, 0.3) is 16.0 Å². The van der Waals surface area contributed by atoms with Crippen LogP contribution in [0.3, 0.4) is 0 Å². The van der Waals surface area contributed by atoms with Gasteiger partial charge in [-0.2, -0.15) is 0 Å². The second-order valence-corrected chi connectivity index (χ2v) is 9.24. The number of aliphatic hydroxyl groups excluding tert-OH is 1. The van der Waals surface area contributed by atoms with Crippen molar-refractivity contribution in [1.29, 1.82) is 0 Å². The van der Waals surface area contributed by atoms with E-state index in [2.05, 4.69) is 0 Å². The van der Waals surface area contributed by atoms with Crippen LogP contribution in [-0.4, -0.2) is 28.9 Å². The first-order valence-electron chi connectivity index (χ1n) is 10.8. The van der Waals surface area contributed by atoms with Gasteiger partial charge in [0.1, 0.15) is 11.5 Å². The monoisotopic (exact) mass is 470 g/mol. The molecule has 0 bridgehead atoms. The number of nitrogens with zero attached hydrogens (tertiary/aromatic N) is 2. The van der Waals surface area contributed by atoms with Crippen LogP contribution in [0.4, 0.5) is 5.13 Å². The van der Waals surface area contributed by atoms with Gasteiger partial charge in [0.25, 0.3) is 5.78 Å². The van der Waals surface area contributed by atoms with Gasteiger partial charge in [-0.3, -0.25) is 14.5 Å². The summed E-state index contributed by atoms with van der Waals surface area (Å²) < 4.78 is 6.13. The molecule has 34 heavy (non-hydrogen) atoms. The summed E-state index contributed by atoms with van der Waals surface area (Å²) in [7, 11) is 1.55. The lowest BCUT2D eigenvalue weighted by molar-refractivity contribution is -0.132. The average molecular weight is 471 g/mol.